The van der Waals surface area contributed by atoms with Crippen LogP contribution in [-0.4, -0.2) is 39.4 Å². The first-order chi connectivity index (χ1) is 8.09. The van der Waals surface area contributed by atoms with Crippen LogP contribution in [0.5, 0.6) is 5.75 Å². The first-order valence-corrected chi connectivity index (χ1v) is 6.97. The number of nitrogens with zero attached hydrogens (tertiary/aromatic N) is 1. The zero-order chi connectivity index (χ0) is 12.7. The second-order valence-corrected chi connectivity index (χ2v) is 5.28. The average molecular weight is 259 g/mol. The van der Waals surface area contributed by atoms with Gasteiger partial charge in [0, 0.05) is 12.7 Å². The van der Waals surface area contributed by atoms with Crippen molar-refractivity contribution in [3.63, 3.8) is 0 Å². The first kappa shape index (κ1) is 13.7. The molecule has 1 aromatic rings. The number of rotatable bonds is 7. The Bertz CT molecular complexity index is 448. The van der Waals surface area contributed by atoms with Crippen molar-refractivity contribution < 1.29 is 13.2 Å². The van der Waals surface area contributed by atoms with Crippen molar-refractivity contribution in [1.82, 2.24) is 9.71 Å². The molecule has 2 N–H and O–H groups in total. The first-order valence-electron chi connectivity index (χ1n) is 5.32. The number of hydrogen-bond acceptors (Lipinski definition) is 5. The number of aromatic nitrogens is 1. The van der Waals surface area contributed by atoms with E-state index in [1.807, 2.05) is 6.92 Å². The molecule has 96 valence electrons. The standard InChI is InChI=1S/C10H17N3O3S/c1-3-16-9-5-4-6-12-10(9)13-7-8-17(14,15)11-2/h4-6,11H,3,7-8H2,1-2H3,(H,12,13). The van der Waals surface area contributed by atoms with E-state index in [9.17, 15) is 8.42 Å². The van der Waals surface area contributed by atoms with Crippen LogP contribution in [0, 0.1) is 0 Å². The summed E-state index contributed by atoms with van der Waals surface area (Å²) in [7, 11) is -1.81. The zero-order valence-electron chi connectivity index (χ0n) is 9.93. The van der Waals surface area contributed by atoms with Crippen molar-refractivity contribution in [2.75, 3.05) is 31.3 Å². The molecule has 1 heterocycles. The van der Waals surface area contributed by atoms with Gasteiger partial charge in [-0.3, -0.25) is 0 Å². The molecule has 0 spiro atoms. The van der Waals surface area contributed by atoms with Gasteiger partial charge in [0.15, 0.2) is 11.6 Å². The topological polar surface area (TPSA) is 80.3 Å². The summed E-state index contributed by atoms with van der Waals surface area (Å²) in [5, 5.41) is 2.93. The molecule has 0 aliphatic rings. The van der Waals surface area contributed by atoms with Crippen LogP contribution in [0.4, 0.5) is 5.82 Å². The average Bonchev–Trinajstić information content (AvgIpc) is 2.31. The molecular formula is C10H17N3O3S. The van der Waals surface area contributed by atoms with E-state index < -0.39 is 10.0 Å². The summed E-state index contributed by atoms with van der Waals surface area (Å²) < 4.78 is 30.0. The predicted octanol–water partition coefficient (Wildman–Crippen LogP) is 0.441. The molecule has 0 unspecified atom stereocenters. The van der Waals surface area contributed by atoms with Gasteiger partial charge in [-0.2, -0.15) is 0 Å². The van der Waals surface area contributed by atoms with Crippen LogP contribution in [0.2, 0.25) is 0 Å². The van der Waals surface area contributed by atoms with Gasteiger partial charge >= 0.3 is 0 Å². The Balaban J connectivity index is 2.57. The van der Waals surface area contributed by atoms with Crippen molar-refractivity contribution in [3.8, 4) is 5.75 Å². The van der Waals surface area contributed by atoms with Gasteiger partial charge in [0.05, 0.1) is 12.4 Å². The predicted molar refractivity (Wildman–Crippen MR) is 66.7 cm³/mol. The molecular weight excluding hydrogens is 242 g/mol. The van der Waals surface area contributed by atoms with E-state index in [0.717, 1.165) is 0 Å². The molecule has 7 heteroatoms. The van der Waals surface area contributed by atoms with E-state index >= 15 is 0 Å². The molecule has 0 saturated carbocycles. The zero-order valence-corrected chi connectivity index (χ0v) is 10.8. The molecule has 1 aromatic heterocycles. The Hall–Kier alpha value is -1.34. The Labute approximate surface area is 101 Å². The molecule has 0 aliphatic heterocycles. The van der Waals surface area contributed by atoms with Crippen LogP contribution < -0.4 is 14.8 Å². The second-order valence-electron chi connectivity index (χ2n) is 3.23. The fourth-order valence-electron chi connectivity index (χ4n) is 1.20. The minimum absolute atomic E-state index is 0.00829. The molecule has 0 aromatic carbocycles. The lowest BCUT2D eigenvalue weighted by Crippen LogP contribution is -2.26. The molecule has 0 atom stereocenters. The number of sulfonamides is 1. The summed E-state index contributed by atoms with van der Waals surface area (Å²) in [4.78, 5) is 4.09. The highest BCUT2D eigenvalue weighted by Crippen LogP contribution is 2.20. The van der Waals surface area contributed by atoms with Gasteiger partial charge in [0.1, 0.15) is 0 Å². The third kappa shape index (κ3) is 4.58. The Morgan fingerprint density at radius 3 is 2.88 bits per heavy atom. The van der Waals surface area contributed by atoms with E-state index in [4.69, 9.17) is 4.74 Å². The largest absolute Gasteiger partial charge is 0.490 e. The third-order valence-corrected chi connectivity index (χ3v) is 3.41. The summed E-state index contributed by atoms with van der Waals surface area (Å²) in [6.45, 7) is 2.69. The minimum Gasteiger partial charge on any atom is -0.490 e. The number of anilines is 1. The van der Waals surface area contributed by atoms with Crippen LogP contribution in [0.1, 0.15) is 6.92 Å². The summed E-state index contributed by atoms with van der Waals surface area (Å²) in [6.07, 6.45) is 1.62. The molecule has 0 radical (unpaired) electrons. The van der Waals surface area contributed by atoms with Gasteiger partial charge in [-0.1, -0.05) is 0 Å². The summed E-state index contributed by atoms with van der Waals surface area (Å²) in [5.41, 5.74) is 0. The fourth-order valence-corrected chi connectivity index (χ4v) is 1.78. The minimum atomic E-state index is -3.20. The van der Waals surface area contributed by atoms with Crippen molar-refractivity contribution in [2.24, 2.45) is 0 Å². The molecule has 0 amide bonds. The van der Waals surface area contributed by atoms with E-state index in [1.165, 1.54) is 7.05 Å². The van der Waals surface area contributed by atoms with Gasteiger partial charge in [-0.05, 0) is 26.1 Å². The molecule has 1 rings (SSSR count). The Morgan fingerprint density at radius 1 is 1.47 bits per heavy atom. The van der Waals surface area contributed by atoms with Crippen molar-refractivity contribution in [3.05, 3.63) is 18.3 Å². The fraction of sp³-hybridized carbons (Fsp3) is 0.500. The van der Waals surface area contributed by atoms with Gasteiger partial charge in [0.2, 0.25) is 10.0 Å². The molecule has 17 heavy (non-hydrogen) atoms. The molecule has 0 saturated heterocycles. The molecule has 0 fully saturated rings. The third-order valence-electron chi connectivity index (χ3n) is 2.04. The van der Waals surface area contributed by atoms with Gasteiger partial charge < -0.3 is 10.1 Å². The SMILES string of the molecule is CCOc1cccnc1NCCS(=O)(=O)NC. The van der Waals surface area contributed by atoms with Crippen molar-refractivity contribution >= 4 is 15.8 Å². The number of nitrogens with one attached hydrogen (secondary N) is 2. The monoisotopic (exact) mass is 259 g/mol. The summed E-state index contributed by atoms with van der Waals surface area (Å²) in [5.74, 6) is 1.17. The van der Waals surface area contributed by atoms with Crippen LogP contribution in [0.3, 0.4) is 0 Å². The maximum absolute atomic E-state index is 11.2. The lowest BCUT2D eigenvalue weighted by atomic mass is 10.4. The van der Waals surface area contributed by atoms with E-state index in [2.05, 4.69) is 15.0 Å². The molecule has 0 bridgehead atoms. The highest BCUT2D eigenvalue weighted by atomic mass is 32.2. The second kappa shape index (κ2) is 6.41. The highest BCUT2D eigenvalue weighted by Gasteiger charge is 2.08. The maximum atomic E-state index is 11.2. The highest BCUT2D eigenvalue weighted by molar-refractivity contribution is 7.89. The Kier molecular flexibility index (Phi) is 5.17. The maximum Gasteiger partial charge on any atom is 0.213 e. The van der Waals surface area contributed by atoms with E-state index in [0.29, 0.717) is 18.2 Å². The van der Waals surface area contributed by atoms with Gasteiger partial charge in [0.25, 0.3) is 0 Å². The number of pyridine rings is 1. The van der Waals surface area contributed by atoms with Crippen LogP contribution >= 0.6 is 0 Å². The molecule has 0 aliphatic carbocycles. The summed E-state index contributed by atoms with van der Waals surface area (Å²) in [6, 6.07) is 3.55. The van der Waals surface area contributed by atoms with Gasteiger partial charge in [-0.25, -0.2) is 18.1 Å². The number of ether oxygens (including phenoxy) is 1. The number of hydrogen-bond donors (Lipinski definition) is 2. The van der Waals surface area contributed by atoms with Crippen molar-refractivity contribution in [1.29, 1.82) is 0 Å². The quantitative estimate of drug-likeness (QED) is 0.742. The normalized spacial score (nSPS) is 11.2. The van der Waals surface area contributed by atoms with E-state index in [1.54, 1.807) is 18.3 Å². The van der Waals surface area contributed by atoms with Crippen LogP contribution in [0.25, 0.3) is 0 Å². The Morgan fingerprint density at radius 2 is 2.24 bits per heavy atom. The molecule has 6 nitrogen and oxygen atoms in total. The van der Waals surface area contributed by atoms with Crippen LogP contribution in [-0.2, 0) is 10.0 Å². The van der Waals surface area contributed by atoms with Gasteiger partial charge in [-0.15, -0.1) is 0 Å². The lowest BCUT2D eigenvalue weighted by molar-refractivity contribution is 0.340. The lowest BCUT2D eigenvalue weighted by Gasteiger charge is -2.10. The van der Waals surface area contributed by atoms with Crippen molar-refractivity contribution in [2.45, 2.75) is 6.92 Å². The van der Waals surface area contributed by atoms with Crippen LogP contribution in [0.15, 0.2) is 18.3 Å². The summed E-state index contributed by atoms with van der Waals surface area (Å²) >= 11 is 0. The van der Waals surface area contributed by atoms with E-state index in [-0.39, 0.29) is 12.3 Å². The smallest absolute Gasteiger partial charge is 0.213 e.